The molecule has 0 aliphatic rings. The molecule has 3 heterocycles. The number of aliphatic hydroxyl groups excluding tert-OH is 1. The van der Waals surface area contributed by atoms with Gasteiger partial charge in [0.1, 0.15) is 0 Å². The van der Waals surface area contributed by atoms with E-state index in [1.165, 1.54) is 6.07 Å². The molecule has 0 unspecified atom stereocenters. The summed E-state index contributed by atoms with van der Waals surface area (Å²) in [5.41, 5.74) is 2.67. The van der Waals surface area contributed by atoms with Gasteiger partial charge in [0.15, 0.2) is 11.5 Å². The van der Waals surface area contributed by atoms with E-state index >= 15 is 0 Å². The lowest BCUT2D eigenvalue weighted by Crippen LogP contribution is -2.09. The Morgan fingerprint density at radius 1 is 1.25 bits per heavy atom. The van der Waals surface area contributed by atoms with Gasteiger partial charge in [-0.3, -0.25) is 9.50 Å². The normalized spacial score (nSPS) is 12.2. The highest BCUT2D eigenvalue weighted by Crippen LogP contribution is 2.34. The van der Waals surface area contributed by atoms with E-state index in [-0.39, 0.29) is 12.1 Å². The van der Waals surface area contributed by atoms with E-state index in [9.17, 15) is 13.2 Å². The van der Waals surface area contributed by atoms with Crippen LogP contribution in [0.25, 0.3) is 28.1 Å². The minimum Gasteiger partial charge on any atom is -0.396 e. The maximum Gasteiger partial charge on any atom is 0.416 e. The van der Waals surface area contributed by atoms with Gasteiger partial charge in [0, 0.05) is 13.2 Å². The first kappa shape index (κ1) is 18.2. The van der Waals surface area contributed by atoms with Gasteiger partial charge in [-0.25, -0.2) is 9.97 Å². The molecule has 146 valence electrons. The molecule has 0 atom stereocenters. The van der Waals surface area contributed by atoms with Crippen LogP contribution in [0.1, 0.15) is 17.5 Å². The molecule has 3 aromatic heterocycles. The third-order valence-corrected chi connectivity index (χ3v) is 4.46. The third-order valence-electron chi connectivity index (χ3n) is 4.46. The van der Waals surface area contributed by atoms with E-state index < -0.39 is 11.7 Å². The number of hydrogen-bond donors (Lipinski definition) is 3. The lowest BCUT2D eigenvalue weighted by molar-refractivity contribution is -0.137. The fraction of sp³-hybridized carbons (Fsp3) is 0.278. The highest BCUT2D eigenvalue weighted by Gasteiger charge is 2.31. The number of rotatable bonds is 5. The standard InChI is InChI=1S/C18H17F3N6O/c1-10-8-24-26-15(10)14-9-23-17-16(22-5-2-6-28)25-12-7-11(18(19,20)21)3-4-13(12)27(14)17/h3-4,7-9,28H,2,5-6H2,1H3,(H,22,25)(H,24,26). The van der Waals surface area contributed by atoms with E-state index in [0.717, 1.165) is 23.4 Å². The maximum atomic E-state index is 13.2. The average molecular weight is 390 g/mol. The molecule has 0 fully saturated rings. The van der Waals surface area contributed by atoms with Crippen molar-refractivity contribution in [2.75, 3.05) is 18.5 Å². The van der Waals surface area contributed by atoms with Crippen molar-refractivity contribution < 1.29 is 18.3 Å². The van der Waals surface area contributed by atoms with Crippen LogP contribution in [0.15, 0.2) is 30.6 Å². The van der Waals surface area contributed by atoms with Crippen molar-refractivity contribution >= 4 is 22.5 Å². The van der Waals surface area contributed by atoms with Crippen LogP contribution >= 0.6 is 0 Å². The van der Waals surface area contributed by atoms with Crippen molar-refractivity contribution in [1.82, 2.24) is 24.6 Å². The molecule has 0 saturated heterocycles. The summed E-state index contributed by atoms with van der Waals surface area (Å²) in [4.78, 5) is 8.79. The summed E-state index contributed by atoms with van der Waals surface area (Å²) in [7, 11) is 0. The highest BCUT2D eigenvalue weighted by atomic mass is 19.4. The second kappa shape index (κ2) is 6.79. The molecule has 0 saturated carbocycles. The summed E-state index contributed by atoms with van der Waals surface area (Å²) in [6.07, 6.45) is -0.694. The molecule has 0 radical (unpaired) electrons. The van der Waals surface area contributed by atoms with Gasteiger partial charge in [-0.05, 0) is 37.1 Å². The predicted molar refractivity (Wildman–Crippen MR) is 98.0 cm³/mol. The number of alkyl halides is 3. The number of aromatic amines is 1. The number of aliphatic hydroxyl groups is 1. The predicted octanol–water partition coefficient (Wildman–Crippen LogP) is 3.39. The van der Waals surface area contributed by atoms with Crippen LogP contribution in [-0.4, -0.2) is 42.8 Å². The van der Waals surface area contributed by atoms with Crippen molar-refractivity contribution in [3.05, 3.63) is 41.7 Å². The van der Waals surface area contributed by atoms with Gasteiger partial charge in [-0.15, -0.1) is 0 Å². The van der Waals surface area contributed by atoms with Gasteiger partial charge in [0.2, 0.25) is 0 Å². The molecule has 0 amide bonds. The number of halogens is 3. The van der Waals surface area contributed by atoms with E-state index in [0.29, 0.717) is 35.6 Å². The first-order chi connectivity index (χ1) is 13.4. The number of aryl methyl sites for hydroxylation is 1. The maximum absolute atomic E-state index is 13.2. The summed E-state index contributed by atoms with van der Waals surface area (Å²) < 4.78 is 41.3. The lowest BCUT2D eigenvalue weighted by atomic mass is 10.1. The molecule has 4 rings (SSSR count). The van der Waals surface area contributed by atoms with Crippen LogP contribution in [0, 0.1) is 6.92 Å². The van der Waals surface area contributed by atoms with Crippen LogP contribution in [0.5, 0.6) is 0 Å². The Hall–Kier alpha value is -3.14. The van der Waals surface area contributed by atoms with Gasteiger partial charge in [-0.2, -0.15) is 18.3 Å². The number of imidazole rings is 1. The Bertz CT molecular complexity index is 1150. The molecule has 0 aliphatic carbocycles. The van der Waals surface area contributed by atoms with E-state index in [2.05, 4.69) is 25.5 Å². The zero-order valence-corrected chi connectivity index (χ0v) is 14.9. The Morgan fingerprint density at radius 2 is 2.07 bits per heavy atom. The fourth-order valence-corrected chi connectivity index (χ4v) is 3.10. The molecule has 10 heteroatoms. The second-order valence-corrected chi connectivity index (χ2v) is 6.40. The SMILES string of the molecule is Cc1cn[nH]c1-c1cnc2c(NCCCO)nc3cc(C(F)(F)F)ccc3n12. The van der Waals surface area contributed by atoms with Crippen molar-refractivity contribution in [3.63, 3.8) is 0 Å². The lowest BCUT2D eigenvalue weighted by Gasteiger charge is -2.13. The number of benzene rings is 1. The molecule has 4 aromatic rings. The smallest absolute Gasteiger partial charge is 0.396 e. The van der Waals surface area contributed by atoms with Crippen LogP contribution in [0.2, 0.25) is 0 Å². The molecular formula is C18H17F3N6O. The monoisotopic (exact) mass is 390 g/mol. The minimum absolute atomic E-state index is 0.0118. The first-order valence-electron chi connectivity index (χ1n) is 8.63. The molecule has 3 N–H and O–H groups in total. The number of aromatic nitrogens is 5. The summed E-state index contributed by atoms with van der Waals surface area (Å²) in [6, 6.07) is 3.45. The molecule has 7 nitrogen and oxygen atoms in total. The molecular weight excluding hydrogens is 373 g/mol. The second-order valence-electron chi connectivity index (χ2n) is 6.40. The van der Waals surface area contributed by atoms with Crippen molar-refractivity contribution in [2.24, 2.45) is 0 Å². The Labute approximate surface area is 157 Å². The van der Waals surface area contributed by atoms with Crippen LogP contribution < -0.4 is 5.32 Å². The summed E-state index contributed by atoms with van der Waals surface area (Å²) in [5.74, 6) is 0.351. The number of hydrogen-bond acceptors (Lipinski definition) is 5. The number of fused-ring (bicyclic) bond motifs is 3. The van der Waals surface area contributed by atoms with Crippen LogP contribution in [-0.2, 0) is 6.18 Å². The Morgan fingerprint density at radius 3 is 2.75 bits per heavy atom. The fourth-order valence-electron chi connectivity index (χ4n) is 3.10. The van der Waals surface area contributed by atoms with Crippen LogP contribution in [0.3, 0.4) is 0 Å². The largest absolute Gasteiger partial charge is 0.416 e. The third kappa shape index (κ3) is 3.05. The van der Waals surface area contributed by atoms with Crippen molar-refractivity contribution in [1.29, 1.82) is 0 Å². The first-order valence-corrected chi connectivity index (χ1v) is 8.63. The summed E-state index contributed by atoms with van der Waals surface area (Å²) >= 11 is 0. The van der Waals surface area contributed by atoms with Gasteiger partial charge < -0.3 is 10.4 Å². The molecule has 28 heavy (non-hydrogen) atoms. The minimum atomic E-state index is -4.47. The zero-order chi connectivity index (χ0) is 19.9. The average Bonchev–Trinajstić information content (AvgIpc) is 3.27. The summed E-state index contributed by atoms with van der Waals surface area (Å²) in [6.45, 7) is 2.28. The van der Waals surface area contributed by atoms with E-state index in [1.807, 2.05) is 6.92 Å². The molecule has 0 bridgehead atoms. The van der Waals surface area contributed by atoms with Gasteiger partial charge in [0.05, 0.1) is 40.4 Å². The number of anilines is 1. The van der Waals surface area contributed by atoms with E-state index in [1.54, 1.807) is 16.8 Å². The topological polar surface area (TPSA) is 91.1 Å². The molecule has 0 spiro atoms. The van der Waals surface area contributed by atoms with Gasteiger partial charge in [0.25, 0.3) is 0 Å². The highest BCUT2D eigenvalue weighted by molar-refractivity contribution is 5.86. The Balaban J connectivity index is 1.99. The van der Waals surface area contributed by atoms with E-state index in [4.69, 9.17) is 5.11 Å². The molecule has 0 aliphatic heterocycles. The zero-order valence-electron chi connectivity index (χ0n) is 14.9. The van der Waals surface area contributed by atoms with Crippen molar-refractivity contribution in [3.8, 4) is 11.4 Å². The molecule has 1 aromatic carbocycles. The number of nitrogens with zero attached hydrogens (tertiary/aromatic N) is 4. The summed E-state index contributed by atoms with van der Waals surface area (Å²) in [5, 5.41) is 19.0. The van der Waals surface area contributed by atoms with Gasteiger partial charge in [-0.1, -0.05) is 0 Å². The number of H-pyrrole nitrogens is 1. The quantitative estimate of drug-likeness (QED) is 0.455. The van der Waals surface area contributed by atoms with Crippen molar-refractivity contribution in [2.45, 2.75) is 19.5 Å². The van der Waals surface area contributed by atoms with Gasteiger partial charge >= 0.3 is 6.18 Å². The number of nitrogens with one attached hydrogen (secondary N) is 2. The van der Waals surface area contributed by atoms with Crippen LogP contribution in [0.4, 0.5) is 19.0 Å². The Kier molecular flexibility index (Phi) is 4.42.